The molecule has 12 saturated carbocycles. The summed E-state index contributed by atoms with van der Waals surface area (Å²) in [6.45, 7) is -7.74. The highest BCUT2D eigenvalue weighted by Gasteiger charge is 2.63. The van der Waals surface area contributed by atoms with Crippen molar-refractivity contribution in [2.45, 2.75) is 120 Å². The summed E-state index contributed by atoms with van der Waals surface area (Å²) in [5.74, 6) is -17.6. The van der Waals surface area contributed by atoms with Crippen molar-refractivity contribution in [1.29, 1.82) is 0 Å². The molecule has 15 rings (SSSR count). The molecule has 422 valence electrons. The molecule has 0 amide bonds. The molecule has 3 aromatic rings. The fraction of sp³-hybridized carbons (Fsp3) is 0.686. The number of Topliss-reactive ketones (excluding diaryl/α,β-unsaturated/α-hetero) is 3. The minimum atomic E-state index is -4.65. The summed E-state index contributed by atoms with van der Waals surface area (Å²) in [4.78, 5) is 95.0. The number of alkyl halides is 8. The molecule has 0 saturated heterocycles. The molecule has 12 fully saturated rings. The molecule has 0 radical (unpaired) electrons. The standard InChI is InChI=1S/C15H18F4O4.C14H16N2O2.C11H14O3.C7H6N4O.C4H6F4O2/c16-14(17,6-20)15(18,19)7-23-12(22)13-3-8-1-9(4-13)11(21)10(2-8)5-13;17-12-10-3-9-4-11(12)7-14(5-9,6-10)13(18)16-2-1-15-8-16;12-9-7-1-6-2-8(9)5-11(3-6,4-7)10(13)14;12-7(10-3-1-8-5-10)11-4-2-9-6-11;5-3(6,1-9)4(7,8)2-10/h8-10,20H,1-7H2;1-2,8-11H,3-7H2;6-8H,1-5H2,(H,13,14);1-6H;9-10H,1-2H2. The highest BCUT2D eigenvalue weighted by atomic mass is 19.3. The van der Waals surface area contributed by atoms with Crippen molar-refractivity contribution in [3.63, 3.8) is 0 Å². The third kappa shape index (κ3) is 11.2. The third-order valence-corrected chi connectivity index (χ3v) is 17.6. The van der Waals surface area contributed by atoms with Crippen molar-refractivity contribution in [2.75, 3.05) is 26.4 Å². The predicted molar refractivity (Wildman–Crippen MR) is 246 cm³/mol. The van der Waals surface area contributed by atoms with E-state index in [4.69, 9.17) is 15.3 Å². The van der Waals surface area contributed by atoms with Gasteiger partial charge in [-0.3, -0.25) is 42.5 Å². The Morgan fingerprint density at radius 2 is 0.805 bits per heavy atom. The number of rotatable bonds is 10. The zero-order valence-corrected chi connectivity index (χ0v) is 41.6. The first-order valence-electron chi connectivity index (χ1n) is 25.5. The van der Waals surface area contributed by atoms with E-state index in [9.17, 15) is 73.8 Å². The van der Waals surface area contributed by atoms with Gasteiger partial charge < -0.3 is 25.2 Å². The number of hydrogen-bond donors (Lipinski definition) is 4. The van der Waals surface area contributed by atoms with Crippen molar-refractivity contribution >= 4 is 41.2 Å². The van der Waals surface area contributed by atoms with Gasteiger partial charge in [-0.1, -0.05) is 0 Å². The number of carbonyl (C=O) groups is 7. The minimum absolute atomic E-state index is 0.0809. The Morgan fingerprint density at radius 3 is 1.14 bits per heavy atom. The summed E-state index contributed by atoms with van der Waals surface area (Å²) in [5, 5.41) is 33.0. The Morgan fingerprint density at radius 1 is 0.494 bits per heavy atom. The van der Waals surface area contributed by atoms with Crippen LogP contribution in [0.4, 0.5) is 39.9 Å². The van der Waals surface area contributed by atoms with E-state index in [1.165, 1.54) is 21.8 Å². The van der Waals surface area contributed by atoms with Crippen LogP contribution < -0.4 is 0 Å². The van der Waals surface area contributed by atoms with Crippen LogP contribution in [-0.2, 0) is 28.7 Å². The molecule has 12 aliphatic rings. The number of ketones is 3. The maximum Gasteiger partial charge on any atom is 0.345 e. The lowest BCUT2D eigenvalue weighted by Crippen LogP contribution is -2.55. The Hall–Kier alpha value is -5.76. The van der Waals surface area contributed by atoms with E-state index in [0.29, 0.717) is 55.5 Å². The van der Waals surface area contributed by atoms with Gasteiger partial charge in [0.1, 0.15) is 56.2 Å². The molecule has 4 N–H and O–H groups in total. The van der Waals surface area contributed by atoms with Gasteiger partial charge in [-0.15, -0.1) is 0 Å². The first kappa shape index (κ1) is 57.4. The summed E-state index contributed by atoms with van der Waals surface area (Å²) in [6, 6.07) is -0.190. The van der Waals surface area contributed by atoms with Crippen LogP contribution >= 0.6 is 0 Å². The number of aliphatic carboxylic acids is 1. The van der Waals surface area contributed by atoms with Crippen LogP contribution in [0.15, 0.2) is 56.2 Å². The van der Waals surface area contributed by atoms with Gasteiger partial charge in [0.25, 0.3) is 0 Å². The molecule has 0 spiro atoms. The second-order valence-corrected chi connectivity index (χ2v) is 22.8. The maximum absolute atomic E-state index is 13.4. The molecule has 12 aliphatic carbocycles. The van der Waals surface area contributed by atoms with Crippen molar-refractivity contribution in [3.8, 4) is 0 Å². The van der Waals surface area contributed by atoms with Gasteiger partial charge in [0.15, 0.2) is 6.61 Å². The van der Waals surface area contributed by atoms with Gasteiger partial charge in [0, 0.05) is 72.7 Å². The largest absolute Gasteiger partial charge is 0.481 e. The third-order valence-electron chi connectivity index (χ3n) is 17.6. The summed E-state index contributed by atoms with van der Waals surface area (Å²) in [7, 11) is 0. The molecule has 12 bridgehead atoms. The zero-order valence-electron chi connectivity index (χ0n) is 41.6. The Labute approximate surface area is 435 Å². The van der Waals surface area contributed by atoms with Gasteiger partial charge in [0.2, 0.25) is 5.91 Å². The maximum atomic E-state index is 13.4. The SMILES string of the molecule is O=C(n1ccnc1)n1ccnc1.O=C1C2CC3CC1CC(C(=O)O)(C3)C2.O=C1C2CC3CC1CC(C(=O)OCC(F)(F)C(F)(F)CO)(C3)C2.O=C1C2CC3CC1CC(C(=O)n1ccnc1)(C3)C2.OCC(F)(F)C(F)(F)CO. The fourth-order valence-corrected chi connectivity index (χ4v) is 14.3. The Bertz CT molecular complexity index is 2570. The molecule has 6 atom stereocenters. The summed E-state index contributed by atoms with van der Waals surface area (Å²) in [6.07, 6.45) is 25.1. The van der Waals surface area contributed by atoms with E-state index in [1.807, 2.05) is 0 Å². The van der Waals surface area contributed by atoms with Crippen molar-refractivity contribution in [2.24, 2.45) is 69.5 Å². The van der Waals surface area contributed by atoms with Crippen LogP contribution in [-0.4, -0.2) is 140 Å². The van der Waals surface area contributed by atoms with Gasteiger partial charge in [-0.25, -0.2) is 19.7 Å². The van der Waals surface area contributed by atoms with Gasteiger partial charge in [-0.05, 0) is 114 Å². The number of esters is 1. The zero-order chi connectivity index (χ0) is 56.1. The number of aliphatic hydroxyl groups is 3. The number of carbonyl (C=O) groups excluding carboxylic acids is 6. The van der Waals surface area contributed by atoms with E-state index in [0.717, 1.165) is 51.4 Å². The highest BCUT2D eigenvalue weighted by molar-refractivity contribution is 5.93. The van der Waals surface area contributed by atoms with Crippen LogP contribution in [0, 0.1) is 69.5 Å². The number of ether oxygens (including phenoxy) is 1. The van der Waals surface area contributed by atoms with Crippen molar-refractivity contribution in [3.05, 3.63) is 56.2 Å². The number of aromatic nitrogens is 6. The van der Waals surface area contributed by atoms with Crippen LogP contribution in [0.5, 0.6) is 0 Å². The lowest BCUT2D eigenvalue weighted by molar-refractivity contribution is -0.247. The average Bonchev–Trinajstić information content (AvgIpc) is 4.25. The molecule has 77 heavy (non-hydrogen) atoms. The average molecular weight is 1100 g/mol. The molecule has 0 aliphatic heterocycles. The lowest BCUT2D eigenvalue weighted by atomic mass is 9.49. The molecule has 6 unspecified atom stereocenters. The summed E-state index contributed by atoms with van der Waals surface area (Å²) >= 11 is 0. The predicted octanol–water partition coefficient (Wildman–Crippen LogP) is 6.41. The van der Waals surface area contributed by atoms with Crippen molar-refractivity contribution < 1.29 is 93.8 Å². The van der Waals surface area contributed by atoms with Gasteiger partial charge in [-0.2, -0.15) is 35.1 Å². The molecule has 3 aromatic heterocycles. The molecule has 26 heteroatoms. The number of nitrogens with zero attached hydrogens (tertiary/aromatic N) is 6. The van der Waals surface area contributed by atoms with Crippen LogP contribution in [0.3, 0.4) is 0 Å². The van der Waals surface area contributed by atoms with Crippen LogP contribution in [0.1, 0.15) is 101 Å². The van der Waals surface area contributed by atoms with E-state index in [2.05, 4.69) is 19.7 Å². The number of carboxylic acid groups (broad SMARTS) is 1. The lowest BCUT2D eigenvalue weighted by Gasteiger charge is -2.54. The first-order chi connectivity index (χ1) is 36.1. The quantitative estimate of drug-likeness (QED) is 0.126. The van der Waals surface area contributed by atoms with Crippen LogP contribution in [0.25, 0.3) is 0 Å². The number of hydrogen-bond acceptors (Lipinski definition) is 14. The van der Waals surface area contributed by atoms with Gasteiger partial charge in [0.05, 0.1) is 16.2 Å². The Kier molecular flexibility index (Phi) is 16.0. The molecule has 3 heterocycles. The van der Waals surface area contributed by atoms with Crippen molar-refractivity contribution in [1.82, 2.24) is 28.7 Å². The monoisotopic (exact) mass is 1100 g/mol. The summed E-state index contributed by atoms with van der Waals surface area (Å²) in [5.41, 5.74) is -1.79. The normalized spacial score (nSPS) is 32.9. The smallest absolute Gasteiger partial charge is 0.345 e. The molecule has 18 nitrogen and oxygen atoms in total. The van der Waals surface area contributed by atoms with E-state index in [-0.39, 0.29) is 77.4 Å². The minimum Gasteiger partial charge on any atom is -0.481 e. The number of halogens is 8. The Balaban J connectivity index is 0.000000131. The molecular formula is C51H60F8N6O12. The van der Waals surface area contributed by atoms with Crippen LogP contribution in [0.2, 0.25) is 0 Å². The summed E-state index contributed by atoms with van der Waals surface area (Å²) < 4.78 is 109. The van der Waals surface area contributed by atoms with Gasteiger partial charge >= 0.3 is 41.7 Å². The van der Waals surface area contributed by atoms with E-state index >= 15 is 0 Å². The molecular weight excluding hydrogens is 1040 g/mol. The van der Waals surface area contributed by atoms with E-state index < -0.39 is 72.9 Å². The second-order valence-electron chi connectivity index (χ2n) is 22.8. The second kappa shape index (κ2) is 21.5. The highest BCUT2D eigenvalue weighted by Crippen LogP contribution is 2.61. The number of carboxylic acids is 1. The first-order valence-corrected chi connectivity index (χ1v) is 25.5. The van der Waals surface area contributed by atoms with E-state index in [1.54, 1.807) is 48.1 Å². The topological polar surface area (TPSA) is 263 Å². The fourth-order valence-electron chi connectivity index (χ4n) is 14.3. The number of imidazole rings is 3. The number of aliphatic hydroxyl groups excluding tert-OH is 3. The molecule has 0 aromatic carbocycles.